The molecule has 0 saturated carbocycles. The van der Waals surface area contributed by atoms with Crippen LogP contribution in [-0.4, -0.2) is 55.0 Å². The predicted molar refractivity (Wildman–Crippen MR) is 61.5 cm³/mol. The second kappa shape index (κ2) is 6.08. The molecule has 15 heavy (non-hydrogen) atoms. The van der Waals surface area contributed by atoms with E-state index >= 15 is 0 Å². The van der Waals surface area contributed by atoms with Crippen LogP contribution in [0.3, 0.4) is 0 Å². The van der Waals surface area contributed by atoms with Crippen LogP contribution in [0.5, 0.6) is 0 Å². The van der Waals surface area contributed by atoms with Crippen LogP contribution in [0.4, 0.5) is 0 Å². The van der Waals surface area contributed by atoms with E-state index in [4.69, 9.17) is 5.73 Å². The van der Waals surface area contributed by atoms with Gasteiger partial charge in [0.2, 0.25) is 5.91 Å². The van der Waals surface area contributed by atoms with Gasteiger partial charge in [0.25, 0.3) is 0 Å². The maximum atomic E-state index is 11.4. The summed E-state index contributed by atoms with van der Waals surface area (Å²) >= 11 is 0. The van der Waals surface area contributed by atoms with E-state index in [1.165, 1.54) is 0 Å². The van der Waals surface area contributed by atoms with Crippen molar-refractivity contribution in [2.45, 2.75) is 20.3 Å². The molecule has 1 amide bonds. The van der Waals surface area contributed by atoms with Gasteiger partial charge >= 0.3 is 0 Å². The first-order valence-electron chi connectivity index (χ1n) is 5.91. The van der Waals surface area contributed by atoms with Crippen LogP contribution in [0, 0.1) is 5.92 Å². The molecule has 0 aromatic rings. The lowest BCUT2D eigenvalue weighted by molar-refractivity contribution is -0.128. The summed E-state index contributed by atoms with van der Waals surface area (Å²) < 4.78 is 0. The topological polar surface area (TPSA) is 49.6 Å². The normalized spacial score (nSPS) is 21.3. The molecule has 2 N–H and O–H groups in total. The zero-order chi connectivity index (χ0) is 11.3. The van der Waals surface area contributed by atoms with Crippen LogP contribution in [-0.2, 0) is 4.79 Å². The SMILES string of the molecule is CCN(CC)CC1CCN(C(=O)CN)C1. The van der Waals surface area contributed by atoms with E-state index in [0.717, 1.165) is 39.1 Å². The Bertz CT molecular complexity index is 204. The lowest BCUT2D eigenvalue weighted by Gasteiger charge is -2.22. The van der Waals surface area contributed by atoms with Crippen LogP contribution in [0.1, 0.15) is 20.3 Å². The Labute approximate surface area is 92.4 Å². The van der Waals surface area contributed by atoms with Gasteiger partial charge in [-0.05, 0) is 25.4 Å². The second-order valence-corrected chi connectivity index (χ2v) is 4.18. The largest absolute Gasteiger partial charge is 0.341 e. The zero-order valence-electron chi connectivity index (χ0n) is 9.91. The van der Waals surface area contributed by atoms with Crippen molar-refractivity contribution in [1.29, 1.82) is 0 Å². The number of amides is 1. The Balaban J connectivity index is 2.33. The fourth-order valence-corrected chi connectivity index (χ4v) is 2.18. The average molecular weight is 213 g/mol. The molecule has 0 bridgehead atoms. The Hall–Kier alpha value is -0.610. The molecule has 1 aliphatic heterocycles. The van der Waals surface area contributed by atoms with Crippen molar-refractivity contribution in [3.05, 3.63) is 0 Å². The lowest BCUT2D eigenvalue weighted by Crippen LogP contribution is -2.36. The van der Waals surface area contributed by atoms with Gasteiger partial charge in [0.15, 0.2) is 0 Å². The number of carbonyl (C=O) groups excluding carboxylic acids is 1. The first kappa shape index (κ1) is 12.5. The highest BCUT2D eigenvalue weighted by Crippen LogP contribution is 2.17. The third kappa shape index (κ3) is 3.47. The van der Waals surface area contributed by atoms with Crippen molar-refractivity contribution >= 4 is 5.91 Å². The van der Waals surface area contributed by atoms with E-state index < -0.39 is 0 Å². The van der Waals surface area contributed by atoms with Crippen LogP contribution in [0.15, 0.2) is 0 Å². The highest BCUT2D eigenvalue weighted by atomic mass is 16.2. The van der Waals surface area contributed by atoms with Crippen molar-refractivity contribution in [1.82, 2.24) is 9.80 Å². The smallest absolute Gasteiger partial charge is 0.236 e. The number of hydrogen-bond donors (Lipinski definition) is 1. The minimum Gasteiger partial charge on any atom is -0.341 e. The summed E-state index contributed by atoms with van der Waals surface area (Å²) in [7, 11) is 0. The number of carbonyl (C=O) groups is 1. The predicted octanol–water partition coefficient (Wildman–Crippen LogP) is 0.135. The molecule has 0 radical (unpaired) electrons. The Morgan fingerprint density at radius 3 is 2.67 bits per heavy atom. The van der Waals surface area contributed by atoms with Crippen LogP contribution >= 0.6 is 0 Å². The lowest BCUT2D eigenvalue weighted by atomic mass is 10.1. The summed E-state index contributed by atoms with van der Waals surface area (Å²) in [6, 6.07) is 0. The summed E-state index contributed by atoms with van der Waals surface area (Å²) in [4.78, 5) is 15.7. The standard InChI is InChI=1S/C11H23N3O/c1-3-13(4-2)8-10-5-6-14(9-10)11(15)7-12/h10H,3-9,12H2,1-2H3. The molecular formula is C11H23N3O. The molecule has 1 unspecified atom stereocenters. The zero-order valence-corrected chi connectivity index (χ0v) is 9.91. The fraction of sp³-hybridized carbons (Fsp3) is 0.909. The van der Waals surface area contributed by atoms with Crippen molar-refractivity contribution in [3.63, 3.8) is 0 Å². The van der Waals surface area contributed by atoms with Crippen LogP contribution in [0.25, 0.3) is 0 Å². The Morgan fingerprint density at radius 2 is 2.13 bits per heavy atom. The molecule has 4 nitrogen and oxygen atoms in total. The summed E-state index contributed by atoms with van der Waals surface area (Å²) in [6.45, 7) is 9.60. The third-order valence-corrected chi connectivity index (χ3v) is 3.22. The first-order chi connectivity index (χ1) is 7.21. The molecule has 88 valence electrons. The Morgan fingerprint density at radius 1 is 1.47 bits per heavy atom. The molecule has 1 atom stereocenters. The summed E-state index contributed by atoms with van der Waals surface area (Å²) in [5, 5.41) is 0. The number of rotatable bonds is 5. The number of nitrogens with zero attached hydrogens (tertiary/aromatic N) is 2. The molecular weight excluding hydrogens is 190 g/mol. The van der Waals surface area contributed by atoms with Crippen molar-refractivity contribution < 1.29 is 4.79 Å². The summed E-state index contributed by atoms with van der Waals surface area (Å²) in [5.41, 5.74) is 5.35. The molecule has 0 aliphatic carbocycles. The van der Waals surface area contributed by atoms with Crippen LogP contribution in [0.2, 0.25) is 0 Å². The van der Waals surface area contributed by atoms with Gasteiger partial charge in [-0.15, -0.1) is 0 Å². The molecule has 1 fully saturated rings. The summed E-state index contributed by atoms with van der Waals surface area (Å²) in [5.74, 6) is 0.734. The highest BCUT2D eigenvalue weighted by Gasteiger charge is 2.26. The van der Waals surface area contributed by atoms with Gasteiger partial charge in [0.05, 0.1) is 6.54 Å². The molecule has 1 heterocycles. The Kier molecular flexibility index (Phi) is 5.05. The van der Waals surface area contributed by atoms with Gasteiger partial charge in [-0.1, -0.05) is 13.8 Å². The summed E-state index contributed by atoms with van der Waals surface area (Å²) in [6.07, 6.45) is 1.13. The van der Waals surface area contributed by atoms with Gasteiger partial charge in [0, 0.05) is 19.6 Å². The average Bonchev–Trinajstić information content (AvgIpc) is 2.73. The number of hydrogen-bond acceptors (Lipinski definition) is 3. The monoisotopic (exact) mass is 213 g/mol. The maximum Gasteiger partial charge on any atom is 0.236 e. The van der Waals surface area contributed by atoms with E-state index in [2.05, 4.69) is 18.7 Å². The first-order valence-corrected chi connectivity index (χ1v) is 5.91. The van der Waals surface area contributed by atoms with E-state index in [9.17, 15) is 4.79 Å². The van der Waals surface area contributed by atoms with Gasteiger partial charge in [-0.25, -0.2) is 0 Å². The highest BCUT2D eigenvalue weighted by molar-refractivity contribution is 5.78. The van der Waals surface area contributed by atoms with Crippen molar-refractivity contribution in [2.24, 2.45) is 11.7 Å². The van der Waals surface area contributed by atoms with E-state index in [1.54, 1.807) is 0 Å². The minimum atomic E-state index is 0.0945. The molecule has 1 aliphatic rings. The van der Waals surface area contributed by atoms with Crippen molar-refractivity contribution in [3.8, 4) is 0 Å². The molecule has 1 rings (SSSR count). The third-order valence-electron chi connectivity index (χ3n) is 3.22. The molecule has 0 aromatic carbocycles. The van der Waals surface area contributed by atoms with Gasteiger partial charge < -0.3 is 15.5 Å². The quantitative estimate of drug-likeness (QED) is 0.706. The molecule has 0 spiro atoms. The second-order valence-electron chi connectivity index (χ2n) is 4.18. The molecule has 0 aromatic heterocycles. The molecule has 4 heteroatoms. The van der Waals surface area contributed by atoms with E-state index in [0.29, 0.717) is 5.92 Å². The van der Waals surface area contributed by atoms with Gasteiger partial charge in [0.1, 0.15) is 0 Å². The fourth-order valence-electron chi connectivity index (χ4n) is 2.18. The maximum absolute atomic E-state index is 11.4. The van der Waals surface area contributed by atoms with Gasteiger partial charge in [-0.3, -0.25) is 4.79 Å². The van der Waals surface area contributed by atoms with E-state index in [1.807, 2.05) is 4.90 Å². The number of likely N-dealkylation sites (tertiary alicyclic amines) is 1. The van der Waals surface area contributed by atoms with Crippen molar-refractivity contribution in [2.75, 3.05) is 39.3 Å². The van der Waals surface area contributed by atoms with Gasteiger partial charge in [-0.2, -0.15) is 0 Å². The van der Waals surface area contributed by atoms with Crippen LogP contribution < -0.4 is 5.73 Å². The van der Waals surface area contributed by atoms with E-state index in [-0.39, 0.29) is 12.5 Å². The minimum absolute atomic E-state index is 0.0945. The number of nitrogens with two attached hydrogens (primary N) is 1. The molecule has 1 saturated heterocycles.